The predicted octanol–water partition coefficient (Wildman–Crippen LogP) is 5.24. The van der Waals surface area contributed by atoms with E-state index in [1.807, 2.05) is 25.2 Å². The summed E-state index contributed by atoms with van der Waals surface area (Å²) in [7, 11) is 3.59. The Morgan fingerprint density at radius 2 is 2.05 bits per heavy atom. The van der Waals surface area contributed by atoms with Gasteiger partial charge >= 0.3 is 0 Å². The molecule has 0 saturated carbocycles. The quantitative estimate of drug-likeness (QED) is 0.723. The molecule has 2 nitrogen and oxygen atoms in total. The molecule has 0 spiro atoms. The molecule has 19 heavy (non-hydrogen) atoms. The summed E-state index contributed by atoms with van der Waals surface area (Å²) in [6.07, 6.45) is 0. The smallest absolute Gasteiger partial charge is 0.125 e. The monoisotopic (exact) mass is 423 g/mol. The number of thiophene rings is 1. The van der Waals surface area contributed by atoms with E-state index < -0.39 is 0 Å². The Bertz CT molecular complexity index is 569. The molecule has 0 aliphatic rings. The van der Waals surface area contributed by atoms with Gasteiger partial charge < -0.3 is 10.1 Å². The maximum atomic E-state index is 6.01. The van der Waals surface area contributed by atoms with Crippen LogP contribution in [0.2, 0.25) is 5.02 Å². The van der Waals surface area contributed by atoms with Crippen LogP contribution in [-0.2, 0) is 0 Å². The van der Waals surface area contributed by atoms with Gasteiger partial charge in [0, 0.05) is 19.9 Å². The lowest BCUT2D eigenvalue weighted by Crippen LogP contribution is -2.17. The molecule has 1 aromatic carbocycles. The minimum Gasteiger partial charge on any atom is -0.496 e. The Kier molecular flexibility index (Phi) is 5.31. The molecule has 2 rings (SSSR count). The van der Waals surface area contributed by atoms with E-state index in [-0.39, 0.29) is 6.04 Å². The topological polar surface area (TPSA) is 21.3 Å². The first-order valence-corrected chi connectivity index (χ1v) is 8.30. The van der Waals surface area contributed by atoms with Crippen LogP contribution in [0.3, 0.4) is 0 Å². The summed E-state index contributed by atoms with van der Waals surface area (Å²) in [4.78, 5) is 1.20. The first-order chi connectivity index (χ1) is 9.06. The van der Waals surface area contributed by atoms with E-state index in [0.717, 1.165) is 19.6 Å². The lowest BCUT2D eigenvalue weighted by molar-refractivity contribution is 0.406. The van der Waals surface area contributed by atoms with E-state index >= 15 is 0 Å². The van der Waals surface area contributed by atoms with Crippen molar-refractivity contribution in [1.82, 2.24) is 5.32 Å². The summed E-state index contributed by atoms with van der Waals surface area (Å²) in [6.45, 7) is 0. The summed E-state index contributed by atoms with van der Waals surface area (Å²) < 4.78 is 7.56. The summed E-state index contributed by atoms with van der Waals surface area (Å²) in [6, 6.07) is 7.87. The number of methoxy groups -OCH3 is 1. The second kappa shape index (κ2) is 6.59. The van der Waals surface area contributed by atoms with E-state index in [0.29, 0.717) is 5.02 Å². The van der Waals surface area contributed by atoms with Gasteiger partial charge in [0.1, 0.15) is 5.75 Å². The number of hydrogen-bond donors (Lipinski definition) is 1. The number of rotatable bonds is 4. The summed E-state index contributed by atoms with van der Waals surface area (Å²) >= 11 is 14.7. The molecule has 1 N–H and O–H groups in total. The van der Waals surface area contributed by atoms with Gasteiger partial charge in [-0.3, -0.25) is 0 Å². The number of hydrogen-bond acceptors (Lipinski definition) is 3. The zero-order valence-electron chi connectivity index (χ0n) is 10.3. The van der Waals surface area contributed by atoms with Crippen molar-refractivity contribution < 1.29 is 4.74 Å². The first-order valence-electron chi connectivity index (χ1n) is 5.52. The average molecular weight is 426 g/mol. The molecular weight excluding hydrogens is 413 g/mol. The fourth-order valence-electron chi connectivity index (χ4n) is 1.88. The van der Waals surface area contributed by atoms with Crippen molar-refractivity contribution in [1.29, 1.82) is 0 Å². The molecular formula is C13H12Br2ClNOS. The van der Waals surface area contributed by atoms with E-state index in [4.69, 9.17) is 16.3 Å². The molecule has 0 aliphatic heterocycles. The van der Waals surface area contributed by atoms with Crippen molar-refractivity contribution in [2.24, 2.45) is 0 Å². The van der Waals surface area contributed by atoms with Gasteiger partial charge in [-0.15, -0.1) is 11.3 Å². The highest BCUT2D eigenvalue weighted by atomic mass is 79.9. The third-order valence-corrected chi connectivity index (χ3v) is 6.30. The number of nitrogens with one attached hydrogen (secondary N) is 1. The SMILES string of the molecule is CNC(c1cc(Br)c(Br)s1)c1ccc(Cl)cc1OC. The molecule has 0 bridgehead atoms. The van der Waals surface area contributed by atoms with Gasteiger partial charge in [-0.1, -0.05) is 17.7 Å². The Morgan fingerprint density at radius 1 is 1.32 bits per heavy atom. The Morgan fingerprint density at radius 3 is 2.58 bits per heavy atom. The predicted molar refractivity (Wildman–Crippen MR) is 88.6 cm³/mol. The largest absolute Gasteiger partial charge is 0.496 e. The summed E-state index contributed by atoms with van der Waals surface area (Å²) in [5.41, 5.74) is 1.07. The molecule has 102 valence electrons. The second-order valence-corrected chi connectivity index (χ2v) is 7.57. The minimum absolute atomic E-state index is 0.0693. The van der Waals surface area contributed by atoms with Crippen LogP contribution < -0.4 is 10.1 Å². The molecule has 0 saturated heterocycles. The molecule has 0 radical (unpaired) electrons. The van der Waals surface area contributed by atoms with Gasteiger partial charge in [-0.05, 0) is 57.1 Å². The van der Waals surface area contributed by atoms with Crippen molar-refractivity contribution in [2.45, 2.75) is 6.04 Å². The van der Waals surface area contributed by atoms with Crippen LogP contribution in [0, 0.1) is 0 Å². The van der Waals surface area contributed by atoms with E-state index in [2.05, 4.69) is 43.2 Å². The molecule has 1 atom stereocenters. The van der Waals surface area contributed by atoms with Gasteiger partial charge in [0.05, 0.1) is 16.9 Å². The molecule has 2 aromatic rings. The van der Waals surface area contributed by atoms with Crippen LogP contribution in [0.1, 0.15) is 16.5 Å². The standard InChI is InChI=1S/C13H12Br2ClNOS/c1-17-12(11-6-9(14)13(15)19-11)8-4-3-7(16)5-10(8)18-2/h3-6,12,17H,1-2H3. The van der Waals surface area contributed by atoms with Gasteiger partial charge in [-0.25, -0.2) is 0 Å². The molecule has 1 aromatic heterocycles. The van der Waals surface area contributed by atoms with Crippen LogP contribution in [0.15, 0.2) is 32.5 Å². The number of halogens is 3. The van der Waals surface area contributed by atoms with E-state index in [1.54, 1.807) is 18.4 Å². The zero-order valence-corrected chi connectivity index (χ0v) is 15.1. The Balaban J connectivity index is 2.47. The lowest BCUT2D eigenvalue weighted by Gasteiger charge is -2.18. The molecule has 1 heterocycles. The van der Waals surface area contributed by atoms with Crippen molar-refractivity contribution >= 4 is 54.8 Å². The van der Waals surface area contributed by atoms with E-state index in [1.165, 1.54) is 4.88 Å². The molecule has 0 aliphatic carbocycles. The fourth-order valence-corrected chi connectivity index (χ4v) is 4.26. The highest BCUT2D eigenvalue weighted by Gasteiger charge is 2.20. The van der Waals surface area contributed by atoms with Gasteiger partial charge in [0.25, 0.3) is 0 Å². The maximum absolute atomic E-state index is 6.01. The third-order valence-electron chi connectivity index (χ3n) is 2.74. The van der Waals surface area contributed by atoms with Gasteiger partial charge in [-0.2, -0.15) is 0 Å². The van der Waals surface area contributed by atoms with Crippen LogP contribution in [0.25, 0.3) is 0 Å². The average Bonchev–Trinajstić information content (AvgIpc) is 2.72. The van der Waals surface area contributed by atoms with Gasteiger partial charge in [0.2, 0.25) is 0 Å². The fraction of sp³-hybridized carbons (Fsp3) is 0.231. The lowest BCUT2D eigenvalue weighted by atomic mass is 10.0. The zero-order chi connectivity index (χ0) is 14.0. The first kappa shape index (κ1) is 15.3. The number of benzene rings is 1. The van der Waals surface area contributed by atoms with Crippen LogP contribution in [0.5, 0.6) is 5.75 Å². The Hall–Kier alpha value is -0.0700. The van der Waals surface area contributed by atoms with Crippen molar-refractivity contribution in [3.63, 3.8) is 0 Å². The third kappa shape index (κ3) is 3.34. The molecule has 6 heteroatoms. The molecule has 0 fully saturated rings. The highest BCUT2D eigenvalue weighted by molar-refractivity contribution is 9.13. The number of ether oxygens (including phenoxy) is 1. The van der Waals surface area contributed by atoms with Gasteiger partial charge in [0.15, 0.2) is 0 Å². The van der Waals surface area contributed by atoms with Crippen molar-refractivity contribution in [2.75, 3.05) is 14.2 Å². The second-order valence-electron chi connectivity index (χ2n) is 3.88. The van der Waals surface area contributed by atoms with Crippen LogP contribution in [0.4, 0.5) is 0 Å². The normalized spacial score (nSPS) is 12.5. The molecule has 1 unspecified atom stereocenters. The van der Waals surface area contributed by atoms with E-state index in [9.17, 15) is 0 Å². The summed E-state index contributed by atoms with van der Waals surface area (Å²) in [5.74, 6) is 0.785. The summed E-state index contributed by atoms with van der Waals surface area (Å²) in [5, 5.41) is 3.99. The molecule has 0 amide bonds. The highest BCUT2D eigenvalue weighted by Crippen LogP contribution is 2.40. The van der Waals surface area contributed by atoms with Crippen molar-refractivity contribution in [3.8, 4) is 5.75 Å². The Labute approximate surface area is 138 Å². The minimum atomic E-state index is 0.0693. The maximum Gasteiger partial charge on any atom is 0.125 e. The van der Waals surface area contributed by atoms with Crippen molar-refractivity contribution in [3.05, 3.63) is 48.0 Å². The van der Waals surface area contributed by atoms with Crippen LogP contribution >= 0.6 is 54.8 Å². The van der Waals surface area contributed by atoms with Crippen LogP contribution in [-0.4, -0.2) is 14.2 Å².